The third-order valence-corrected chi connectivity index (χ3v) is 5.65. The van der Waals surface area contributed by atoms with Crippen molar-refractivity contribution in [2.75, 3.05) is 33.2 Å². The summed E-state index contributed by atoms with van der Waals surface area (Å²) >= 11 is 1.39. The van der Waals surface area contributed by atoms with E-state index in [1.165, 1.54) is 23.8 Å². The van der Waals surface area contributed by atoms with Gasteiger partial charge < -0.3 is 24.6 Å². The summed E-state index contributed by atoms with van der Waals surface area (Å²) in [6.45, 7) is -0.123. The average molecular weight is 408 g/mol. The first kappa shape index (κ1) is 20.0. The Hall–Kier alpha value is -2.72. The maximum Gasteiger partial charge on any atom is 0.352 e. The molecule has 0 saturated carbocycles. The smallest absolute Gasteiger partial charge is 0.352 e. The monoisotopic (exact) mass is 408 g/mol. The SMILES string of the molecule is COCC1=C(C(=O)O)N2C(=O)C(NC(=O)COc3ccc(OC)cc3)[C@@H]2SC1. The predicted molar refractivity (Wildman–Crippen MR) is 100 cm³/mol. The average Bonchev–Trinajstić information content (AvgIpc) is 2.70. The minimum absolute atomic E-state index is 0.0596. The lowest BCUT2D eigenvalue weighted by Gasteiger charge is -2.49. The largest absolute Gasteiger partial charge is 0.497 e. The summed E-state index contributed by atoms with van der Waals surface area (Å²) in [5.74, 6) is -0.526. The fraction of sp³-hybridized carbons (Fsp3) is 0.389. The van der Waals surface area contributed by atoms with E-state index in [9.17, 15) is 19.5 Å². The molecule has 0 spiro atoms. The first-order chi connectivity index (χ1) is 13.5. The normalized spacial score (nSPS) is 20.9. The number of methoxy groups -OCH3 is 2. The molecule has 2 heterocycles. The van der Waals surface area contributed by atoms with Crippen LogP contribution in [0.15, 0.2) is 35.5 Å². The van der Waals surface area contributed by atoms with Crippen molar-refractivity contribution in [2.24, 2.45) is 0 Å². The van der Waals surface area contributed by atoms with Crippen molar-refractivity contribution in [3.05, 3.63) is 35.5 Å². The molecule has 1 aromatic carbocycles. The molecule has 1 unspecified atom stereocenters. The van der Waals surface area contributed by atoms with Crippen molar-refractivity contribution in [1.29, 1.82) is 0 Å². The molecule has 9 nitrogen and oxygen atoms in total. The molecule has 2 aliphatic rings. The fourth-order valence-corrected chi connectivity index (χ4v) is 4.33. The Morgan fingerprint density at radius 1 is 1.25 bits per heavy atom. The summed E-state index contributed by atoms with van der Waals surface area (Å²) in [7, 11) is 3.02. The summed E-state index contributed by atoms with van der Waals surface area (Å²) in [5.41, 5.74) is 0.479. The van der Waals surface area contributed by atoms with Crippen LogP contribution < -0.4 is 14.8 Å². The summed E-state index contributed by atoms with van der Waals surface area (Å²) in [4.78, 5) is 37.4. The Labute approximate surface area is 165 Å². The number of β-lactam (4-membered cyclic amide) rings is 1. The van der Waals surface area contributed by atoms with Gasteiger partial charge in [-0.05, 0) is 29.8 Å². The minimum Gasteiger partial charge on any atom is -0.497 e. The standard InChI is InChI=1S/C18H20N2O7S/c1-25-7-10-9-28-17-14(16(22)20(17)15(10)18(23)24)19-13(21)8-27-12-5-3-11(26-2)4-6-12/h3-6,14,17H,7-9H2,1-2H3,(H,19,21)(H,23,24)/t14?,17-/m0/s1. The Morgan fingerprint density at radius 3 is 2.54 bits per heavy atom. The number of nitrogens with one attached hydrogen (secondary N) is 1. The van der Waals surface area contributed by atoms with Gasteiger partial charge in [-0.3, -0.25) is 14.5 Å². The van der Waals surface area contributed by atoms with Crippen LogP contribution in [0.4, 0.5) is 0 Å². The maximum absolute atomic E-state index is 12.4. The number of hydrogen-bond donors (Lipinski definition) is 2. The third-order valence-electron chi connectivity index (χ3n) is 4.31. The maximum atomic E-state index is 12.4. The van der Waals surface area contributed by atoms with E-state index in [1.807, 2.05) is 0 Å². The van der Waals surface area contributed by atoms with Crippen LogP contribution in [0.2, 0.25) is 0 Å². The molecule has 1 fully saturated rings. The van der Waals surface area contributed by atoms with Crippen LogP contribution in [0.1, 0.15) is 0 Å². The van der Waals surface area contributed by atoms with Crippen LogP contribution in [0.5, 0.6) is 11.5 Å². The van der Waals surface area contributed by atoms with E-state index in [1.54, 1.807) is 31.4 Å². The Balaban J connectivity index is 1.58. The van der Waals surface area contributed by atoms with Crippen LogP contribution in [0, 0.1) is 0 Å². The van der Waals surface area contributed by atoms with E-state index in [0.29, 0.717) is 22.8 Å². The van der Waals surface area contributed by atoms with Crippen molar-refractivity contribution in [3.8, 4) is 11.5 Å². The van der Waals surface area contributed by atoms with Gasteiger partial charge in [0.2, 0.25) is 0 Å². The number of benzene rings is 1. The molecule has 0 radical (unpaired) electrons. The molecule has 150 valence electrons. The second-order valence-electron chi connectivity index (χ2n) is 6.11. The molecule has 2 aliphatic heterocycles. The lowest BCUT2D eigenvalue weighted by atomic mass is 10.0. The summed E-state index contributed by atoms with van der Waals surface area (Å²) in [6, 6.07) is 5.96. The quantitative estimate of drug-likeness (QED) is 0.597. The predicted octanol–water partition coefficient (Wildman–Crippen LogP) is 0.459. The van der Waals surface area contributed by atoms with Crippen LogP contribution in [-0.2, 0) is 19.1 Å². The van der Waals surface area contributed by atoms with Crippen molar-refractivity contribution in [3.63, 3.8) is 0 Å². The highest BCUT2D eigenvalue weighted by molar-refractivity contribution is 8.00. The van der Waals surface area contributed by atoms with Gasteiger partial charge in [0.15, 0.2) is 6.61 Å². The topological polar surface area (TPSA) is 114 Å². The minimum atomic E-state index is -1.18. The number of thioether (sulfide) groups is 1. The number of carboxylic acid groups (broad SMARTS) is 1. The number of nitrogens with zero attached hydrogens (tertiary/aromatic N) is 1. The van der Waals surface area contributed by atoms with Crippen LogP contribution in [0.3, 0.4) is 0 Å². The highest BCUT2D eigenvalue weighted by Gasteiger charge is 2.54. The van der Waals surface area contributed by atoms with Gasteiger partial charge in [-0.15, -0.1) is 11.8 Å². The van der Waals surface area contributed by atoms with Gasteiger partial charge in [-0.25, -0.2) is 4.79 Å². The molecule has 2 N–H and O–H groups in total. The first-order valence-electron chi connectivity index (χ1n) is 8.41. The number of carbonyl (C=O) groups excluding carboxylic acids is 2. The highest BCUT2D eigenvalue weighted by atomic mass is 32.2. The lowest BCUT2D eigenvalue weighted by Crippen LogP contribution is -2.71. The van der Waals surface area contributed by atoms with Crippen molar-refractivity contribution in [2.45, 2.75) is 11.4 Å². The van der Waals surface area contributed by atoms with Crippen LogP contribution in [0.25, 0.3) is 0 Å². The first-order valence-corrected chi connectivity index (χ1v) is 9.46. The van der Waals surface area contributed by atoms with E-state index >= 15 is 0 Å². The molecule has 0 bridgehead atoms. The van der Waals surface area contributed by atoms with Gasteiger partial charge in [-0.1, -0.05) is 0 Å². The van der Waals surface area contributed by atoms with E-state index in [0.717, 1.165) is 0 Å². The molecule has 28 heavy (non-hydrogen) atoms. The molecule has 2 amide bonds. The Kier molecular flexibility index (Phi) is 6.10. The van der Waals surface area contributed by atoms with Gasteiger partial charge >= 0.3 is 5.97 Å². The molecule has 1 saturated heterocycles. The number of ether oxygens (including phenoxy) is 3. The van der Waals surface area contributed by atoms with Crippen molar-refractivity contribution >= 4 is 29.5 Å². The van der Waals surface area contributed by atoms with Gasteiger partial charge in [0, 0.05) is 12.9 Å². The zero-order valence-corrected chi connectivity index (χ0v) is 16.2. The van der Waals surface area contributed by atoms with E-state index < -0.39 is 29.2 Å². The highest BCUT2D eigenvalue weighted by Crippen LogP contribution is 2.40. The molecular formula is C18H20N2O7S. The fourth-order valence-electron chi connectivity index (χ4n) is 3.00. The Morgan fingerprint density at radius 2 is 1.93 bits per heavy atom. The number of hydrogen-bond acceptors (Lipinski definition) is 7. The van der Waals surface area contributed by atoms with E-state index in [2.05, 4.69) is 5.32 Å². The number of carbonyl (C=O) groups is 3. The van der Waals surface area contributed by atoms with Gasteiger partial charge in [0.1, 0.15) is 28.6 Å². The summed E-state index contributed by atoms with van der Waals surface area (Å²) in [5, 5.41) is 11.6. The zero-order chi connectivity index (χ0) is 20.3. The van der Waals surface area contributed by atoms with Crippen LogP contribution >= 0.6 is 11.8 Å². The van der Waals surface area contributed by atoms with Gasteiger partial charge in [0.25, 0.3) is 11.8 Å². The summed E-state index contributed by atoms with van der Waals surface area (Å²) < 4.78 is 15.5. The number of amides is 2. The number of carboxylic acids is 1. The van der Waals surface area contributed by atoms with Crippen LogP contribution in [-0.4, -0.2) is 72.4 Å². The number of rotatable bonds is 8. The lowest BCUT2D eigenvalue weighted by molar-refractivity contribution is -0.151. The van der Waals surface area contributed by atoms with Crippen molar-refractivity contribution in [1.82, 2.24) is 10.2 Å². The Bertz CT molecular complexity index is 809. The zero-order valence-electron chi connectivity index (χ0n) is 15.3. The molecule has 0 aromatic heterocycles. The molecule has 3 rings (SSSR count). The number of fused-ring (bicyclic) bond motifs is 1. The second kappa shape index (κ2) is 8.53. The number of aliphatic carboxylic acids is 1. The second-order valence-corrected chi connectivity index (χ2v) is 7.21. The van der Waals surface area contributed by atoms with Gasteiger partial charge in [-0.2, -0.15) is 0 Å². The molecule has 0 aliphatic carbocycles. The van der Waals surface area contributed by atoms with E-state index in [4.69, 9.17) is 14.2 Å². The van der Waals surface area contributed by atoms with Gasteiger partial charge in [0.05, 0.1) is 13.7 Å². The van der Waals surface area contributed by atoms with Crippen molar-refractivity contribution < 1.29 is 33.7 Å². The molecular weight excluding hydrogens is 388 g/mol. The van der Waals surface area contributed by atoms with E-state index in [-0.39, 0.29) is 18.9 Å². The molecule has 1 aromatic rings. The third kappa shape index (κ3) is 3.92. The molecule has 2 atom stereocenters. The molecule has 10 heteroatoms. The summed E-state index contributed by atoms with van der Waals surface area (Å²) in [6.07, 6.45) is 0.